The molecule has 1 saturated heterocycles. The molecule has 1 aliphatic heterocycles. The van der Waals surface area contributed by atoms with Crippen LogP contribution in [0.3, 0.4) is 0 Å². The summed E-state index contributed by atoms with van der Waals surface area (Å²) >= 11 is 0. The summed E-state index contributed by atoms with van der Waals surface area (Å²) in [6, 6.07) is 5.19. The molecule has 1 aromatic carbocycles. The van der Waals surface area contributed by atoms with Crippen molar-refractivity contribution in [3.05, 3.63) is 46.0 Å². The molecule has 2 fully saturated rings. The maximum absolute atomic E-state index is 14.8. The van der Waals surface area contributed by atoms with E-state index in [1.165, 1.54) is 35.7 Å². The van der Waals surface area contributed by atoms with E-state index in [-0.39, 0.29) is 22.3 Å². The van der Waals surface area contributed by atoms with Crippen LogP contribution < -0.4 is 15.6 Å². The van der Waals surface area contributed by atoms with Crippen LogP contribution in [0.25, 0.3) is 21.9 Å². The number of pyridine rings is 2. The van der Waals surface area contributed by atoms with Crippen LogP contribution in [0.1, 0.15) is 30.1 Å². The second-order valence-corrected chi connectivity index (χ2v) is 8.48. The highest BCUT2D eigenvalue weighted by atomic mass is 19.1. The standard InChI is InChI=1S/C21H21FN4O3/c1-21(24-12-3-4-12)9-26(10-21)17-7-16-11(6-15(17)22)5-13-18(27)14(20(28)29)8-25(2)19(13)23-16/h5-8,12,24H,3-4,9-10H2,1-2H3,(H,28,29). The van der Waals surface area contributed by atoms with Gasteiger partial charge in [0, 0.05) is 37.8 Å². The van der Waals surface area contributed by atoms with Crippen LogP contribution in [0.2, 0.25) is 0 Å². The van der Waals surface area contributed by atoms with Gasteiger partial charge in [-0.25, -0.2) is 14.2 Å². The second kappa shape index (κ2) is 6.00. The van der Waals surface area contributed by atoms with Crippen molar-refractivity contribution in [3.63, 3.8) is 0 Å². The topological polar surface area (TPSA) is 87.5 Å². The Bertz CT molecular complexity index is 1240. The Morgan fingerprint density at radius 3 is 2.69 bits per heavy atom. The van der Waals surface area contributed by atoms with Crippen LogP contribution >= 0.6 is 0 Å². The van der Waals surface area contributed by atoms with E-state index in [9.17, 15) is 19.1 Å². The number of aromatic nitrogens is 2. The van der Waals surface area contributed by atoms with Gasteiger partial charge in [-0.15, -0.1) is 0 Å². The minimum atomic E-state index is -1.30. The number of rotatable bonds is 4. The predicted octanol–water partition coefficient (Wildman–Crippen LogP) is 2.25. The Morgan fingerprint density at radius 2 is 2.03 bits per heavy atom. The average molecular weight is 396 g/mol. The summed E-state index contributed by atoms with van der Waals surface area (Å²) in [6.07, 6.45) is 3.68. The molecule has 3 heterocycles. The van der Waals surface area contributed by atoms with Gasteiger partial charge in [-0.1, -0.05) is 0 Å². The molecule has 2 aliphatic rings. The fourth-order valence-corrected chi connectivity index (χ4v) is 4.24. The fraction of sp³-hybridized carbons (Fsp3) is 0.381. The Kier molecular flexibility index (Phi) is 3.73. The first kappa shape index (κ1) is 18.1. The van der Waals surface area contributed by atoms with Crippen LogP contribution in [-0.2, 0) is 7.05 Å². The lowest BCUT2D eigenvalue weighted by Crippen LogP contribution is -2.68. The Labute approximate surface area is 165 Å². The molecule has 0 amide bonds. The minimum Gasteiger partial charge on any atom is -0.477 e. The number of carboxylic acid groups (broad SMARTS) is 1. The van der Waals surface area contributed by atoms with Gasteiger partial charge in [0.2, 0.25) is 5.43 Å². The molecule has 1 saturated carbocycles. The van der Waals surface area contributed by atoms with Crippen molar-refractivity contribution >= 4 is 33.6 Å². The third-order valence-corrected chi connectivity index (χ3v) is 5.79. The van der Waals surface area contributed by atoms with E-state index >= 15 is 0 Å². The number of fused-ring (bicyclic) bond motifs is 2. The molecule has 1 aliphatic carbocycles. The van der Waals surface area contributed by atoms with Gasteiger partial charge >= 0.3 is 5.97 Å². The molecule has 0 bridgehead atoms. The molecule has 2 N–H and O–H groups in total. The molecular formula is C21H21FN4O3. The van der Waals surface area contributed by atoms with Gasteiger partial charge in [0.1, 0.15) is 17.0 Å². The number of hydrogen-bond acceptors (Lipinski definition) is 5. The minimum absolute atomic E-state index is 0.00346. The molecule has 3 aromatic rings. The van der Waals surface area contributed by atoms with E-state index in [0.717, 1.165) is 13.1 Å². The third kappa shape index (κ3) is 2.95. The highest BCUT2D eigenvalue weighted by Gasteiger charge is 2.42. The summed E-state index contributed by atoms with van der Waals surface area (Å²) in [5.74, 6) is -1.67. The lowest BCUT2D eigenvalue weighted by molar-refractivity contribution is 0.0695. The summed E-state index contributed by atoms with van der Waals surface area (Å²) in [7, 11) is 1.64. The lowest BCUT2D eigenvalue weighted by Gasteiger charge is -2.50. The summed E-state index contributed by atoms with van der Waals surface area (Å²) in [5, 5.41) is 13.5. The van der Waals surface area contributed by atoms with Crippen molar-refractivity contribution in [3.8, 4) is 0 Å². The van der Waals surface area contributed by atoms with Crippen LogP contribution in [0, 0.1) is 5.82 Å². The maximum atomic E-state index is 14.8. The first-order valence-corrected chi connectivity index (χ1v) is 9.64. The Balaban J connectivity index is 1.57. The van der Waals surface area contributed by atoms with Gasteiger partial charge in [0.05, 0.1) is 22.1 Å². The first-order valence-electron chi connectivity index (χ1n) is 9.64. The Morgan fingerprint density at radius 1 is 1.31 bits per heavy atom. The number of aryl methyl sites for hydroxylation is 1. The average Bonchev–Trinajstić information content (AvgIpc) is 3.44. The van der Waals surface area contributed by atoms with Gasteiger partial charge < -0.3 is 19.9 Å². The molecule has 8 heteroatoms. The molecule has 0 unspecified atom stereocenters. The number of carboxylic acids is 1. The smallest absolute Gasteiger partial charge is 0.341 e. The van der Waals surface area contributed by atoms with Crippen molar-refractivity contribution in [2.24, 2.45) is 7.05 Å². The van der Waals surface area contributed by atoms with Gasteiger partial charge in [-0.2, -0.15) is 0 Å². The number of nitrogens with zero attached hydrogens (tertiary/aromatic N) is 3. The Hall–Kier alpha value is -3.00. The molecule has 2 aromatic heterocycles. The van der Waals surface area contributed by atoms with Crippen LogP contribution in [0.5, 0.6) is 0 Å². The quantitative estimate of drug-likeness (QED) is 0.658. The lowest BCUT2D eigenvalue weighted by atomic mass is 9.91. The zero-order chi connectivity index (χ0) is 20.5. The number of nitrogens with one attached hydrogen (secondary N) is 1. The van der Waals surface area contributed by atoms with Crippen LogP contribution in [0.15, 0.2) is 29.2 Å². The number of benzene rings is 1. The fourth-order valence-electron chi connectivity index (χ4n) is 4.24. The monoisotopic (exact) mass is 396 g/mol. The molecule has 0 radical (unpaired) electrons. The molecule has 7 nitrogen and oxygen atoms in total. The summed E-state index contributed by atoms with van der Waals surface area (Å²) in [4.78, 5) is 30.3. The predicted molar refractivity (Wildman–Crippen MR) is 108 cm³/mol. The number of carbonyl (C=O) groups is 1. The van der Waals surface area contributed by atoms with Gasteiger partial charge in [0.15, 0.2) is 0 Å². The van der Waals surface area contributed by atoms with E-state index < -0.39 is 11.4 Å². The highest BCUT2D eigenvalue weighted by molar-refractivity contribution is 5.96. The molecule has 0 atom stereocenters. The highest BCUT2D eigenvalue weighted by Crippen LogP contribution is 2.34. The number of hydrogen-bond donors (Lipinski definition) is 2. The molecule has 5 rings (SSSR count). The molecule has 29 heavy (non-hydrogen) atoms. The van der Waals surface area contributed by atoms with E-state index in [2.05, 4.69) is 17.2 Å². The van der Waals surface area contributed by atoms with E-state index in [1.807, 2.05) is 4.90 Å². The SMILES string of the molecule is Cn1cc(C(=O)O)c(=O)c2cc3cc(F)c(N4CC(C)(NC5CC5)C4)cc3nc21. The van der Waals surface area contributed by atoms with Crippen LogP contribution in [0.4, 0.5) is 10.1 Å². The van der Waals surface area contributed by atoms with Gasteiger partial charge in [0.25, 0.3) is 0 Å². The van der Waals surface area contributed by atoms with Crippen molar-refractivity contribution in [1.29, 1.82) is 0 Å². The third-order valence-electron chi connectivity index (χ3n) is 5.79. The summed E-state index contributed by atoms with van der Waals surface area (Å²) in [6.45, 7) is 3.60. The van der Waals surface area contributed by atoms with Crippen molar-refractivity contribution < 1.29 is 14.3 Å². The second-order valence-electron chi connectivity index (χ2n) is 8.48. The van der Waals surface area contributed by atoms with E-state index in [1.54, 1.807) is 13.1 Å². The zero-order valence-electron chi connectivity index (χ0n) is 16.2. The maximum Gasteiger partial charge on any atom is 0.341 e. The van der Waals surface area contributed by atoms with Crippen molar-refractivity contribution in [1.82, 2.24) is 14.9 Å². The number of anilines is 1. The number of halogens is 1. The molecule has 0 spiro atoms. The normalized spacial score (nSPS) is 18.2. The first-order chi connectivity index (χ1) is 13.7. The van der Waals surface area contributed by atoms with E-state index in [4.69, 9.17) is 0 Å². The van der Waals surface area contributed by atoms with Gasteiger partial charge in [-0.05, 0) is 38.0 Å². The van der Waals surface area contributed by atoms with Gasteiger partial charge in [-0.3, -0.25) is 4.79 Å². The largest absolute Gasteiger partial charge is 0.477 e. The molecular weight excluding hydrogens is 375 g/mol. The molecule has 150 valence electrons. The summed E-state index contributed by atoms with van der Waals surface area (Å²) < 4.78 is 16.4. The van der Waals surface area contributed by atoms with Crippen molar-refractivity contribution in [2.45, 2.75) is 31.3 Å². The summed E-state index contributed by atoms with van der Waals surface area (Å²) in [5.41, 5.74) is 0.475. The van der Waals surface area contributed by atoms with Crippen molar-refractivity contribution in [2.75, 3.05) is 18.0 Å². The van der Waals surface area contributed by atoms with Crippen LogP contribution in [-0.4, -0.2) is 45.3 Å². The number of aromatic carboxylic acids is 1. The van der Waals surface area contributed by atoms with E-state index in [0.29, 0.717) is 28.3 Å². The zero-order valence-corrected chi connectivity index (χ0v) is 16.2.